The molecule has 92 valence electrons. The van der Waals surface area contributed by atoms with E-state index in [9.17, 15) is 0 Å². The van der Waals surface area contributed by atoms with Crippen molar-refractivity contribution in [3.63, 3.8) is 0 Å². The first-order valence-corrected chi connectivity index (χ1v) is 7.11. The Bertz CT molecular complexity index is 433. The molecule has 17 heavy (non-hydrogen) atoms. The van der Waals surface area contributed by atoms with E-state index in [4.69, 9.17) is 0 Å². The fourth-order valence-electron chi connectivity index (χ4n) is 3.84. The highest BCUT2D eigenvalue weighted by molar-refractivity contribution is 5.33. The van der Waals surface area contributed by atoms with E-state index in [2.05, 4.69) is 28.0 Å². The SMILES string of the molecule is Cc1cn(C2CC2)c(NC2CC3CCC2C3)n1. The fourth-order valence-corrected chi connectivity index (χ4v) is 3.84. The maximum absolute atomic E-state index is 4.67. The fraction of sp³-hybridized carbons (Fsp3) is 0.786. The van der Waals surface area contributed by atoms with Crippen LogP contribution in [0.4, 0.5) is 5.95 Å². The zero-order valence-corrected chi connectivity index (χ0v) is 10.5. The number of hydrogen-bond donors (Lipinski definition) is 1. The Morgan fingerprint density at radius 2 is 2.12 bits per heavy atom. The van der Waals surface area contributed by atoms with Gasteiger partial charge in [0.05, 0.1) is 5.69 Å². The lowest BCUT2D eigenvalue weighted by Gasteiger charge is -2.23. The number of imidazole rings is 1. The van der Waals surface area contributed by atoms with Crippen LogP contribution in [0.5, 0.6) is 0 Å². The van der Waals surface area contributed by atoms with Crippen LogP contribution in [-0.4, -0.2) is 15.6 Å². The van der Waals surface area contributed by atoms with Gasteiger partial charge in [-0.25, -0.2) is 4.98 Å². The Kier molecular flexibility index (Phi) is 2.06. The van der Waals surface area contributed by atoms with Crippen LogP contribution in [0, 0.1) is 18.8 Å². The van der Waals surface area contributed by atoms with Crippen molar-refractivity contribution in [3.05, 3.63) is 11.9 Å². The molecule has 3 atom stereocenters. The molecule has 0 spiro atoms. The van der Waals surface area contributed by atoms with Crippen molar-refractivity contribution in [3.8, 4) is 0 Å². The summed E-state index contributed by atoms with van der Waals surface area (Å²) in [6, 6.07) is 1.44. The van der Waals surface area contributed by atoms with Crippen LogP contribution in [0.25, 0.3) is 0 Å². The zero-order valence-electron chi connectivity index (χ0n) is 10.5. The summed E-state index contributed by atoms with van der Waals surface area (Å²) in [6.07, 6.45) is 10.6. The molecule has 1 aromatic heterocycles. The third-order valence-corrected chi connectivity index (χ3v) is 4.85. The van der Waals surface area contributed by atoms with Crippen molar-refractivity contribution in [2.24, 2.45) is 11.8 Å². The van der Waals surface area contributed by atoms with Crippen molar-refractivity contribution in [2.45, 2.75) is 57.5 Å². The average molecular weight is 231 g/mol. The molecule has 3 aliphatic rings. The second-order valence-electron chi connectivity index (χ2n) is 6.27. The molecule has 3 aliphatic carbocycles. The number of hydrogen-bond acceptors (Lipinski definition) is 2. The van der Waals surface area contributed by atoms with Gasteiger partial charge in [-0.05, 0) is 50.9 Å². The number of nitrogens with one attached hydrogen (secondary N) is 1. The van der Waals surface area contributed by atoms with E-state index in [1.165, 1.54) is 38.5 Å². The molecule has 0 saturated heterocycles. The molecule has 0 aliphatic heterocycles. The Labute approximate surface area is 103 Å². The van der Waals surface area contributed by atoms with Gasteiger partial charge < -0.3 is 9.88 Å². The molecule has 0 amide bonds. The maximum Gasteiger partial charge on any atom is 0.203 e. The summed E-state index contributed by atoms with van der Waals surface area (Å²) in [5, 5.41) is 3.73. The third kappa shape index (κ3) is 1.67. The average Bonchev–Trinajstić information content (AvgIpc) is 2.78. The summed E-state index contributed by atoms with van der Waals surface area (Å²) in [5.41, 5.74) is 1.16. The highest BCUT2D eigenvalue weighted by Gasteiger charge is 2.40. The number of fused-ring (bicyclic) bond motifs is 2. The molecule has 1 heterocycles. The summed E-state index contributed by atoms with van der Waals surface area (Å²) >= 11 is 0. The van der Waals surface area contributed by atoms with Gasteiger partial charge in [-0.3, -0.25) is 0 Å². The summed E-state index contributed by atoms with van der Waals surface area (Å²) in [5.74, 6) is 3.06. The highest BCUT2D eigenvalue weighted by atomic mass is 15.2. The van der Waals surface area contributed by atoms with Crippen LogP contribution in [0.2, 0.25) is 0 Å². The van der Waals surface area contributed by atoms with E-state index >= 15 is 0 Å². The number of nitrogens with zero attached hydrogens (tertiary/aromatic N) is 2. The van der Waals surface area contributed by atoms with Gasteiger partial charge >= 0.3 is 0 Å². The maximum atomic E-state index is 4.67. The van der Waals surface area contributed by atoms with E-state index < -0.39 is 0 Å². The first-order chi connectivity index (χ1) is 8.29. The van der Waals surface area contributed by atoms with Gasteiger partial charge in [0.25, 0.3) is 0 Å². The summed E-state index contributed by atoms with van der Waals surface area (Å²) < 4.78 is 2.38. The Morgan fingerprint density at radius 3 is 2.76 bits per heavy atom. The van der Waals surface area contributed by atoms with Gasteiger partial charge in [-0.1, -0.05) is 6.42 Å². The van der Waals surface area contributed by atoms with E-state index in [-0.39, 0.29) is 0 Å². The Morgan fingerprint density at radius 1 is 1.24 bits per heavy atom. The van der Waals surface area contributed by atoms with Gasteiger partial charge in [0.15, 0.2) is 0 Å². The van der Waals surface area contributed by atoms with Crippen LogP contribution >= 0.6 is 0 Å². The molecule has 3 fully saturated rings. The number of aromatic nitrogens is 2. The third-order valence-electron chi connectivity index (χ3n) is 4.85. The van der Waals surface area contributed by atoms with Crippen LogP contribution in [0.15, 0.2) is 6.20 Å². The van der Waals surface area contributed by atoms with Gasteiger partial charge in [0, 0.05) is 18.3 Å². The molecule has 1 N–H and O–H groups in total. The normalized spacial score (nSPS) is 35.5. The highest BCUT2D eigenvalue weighted by Crippen LogP contribution is 2.46. The van der Waals surface area contributed by atoms with Gasteiger partial charge in [-0.15, -0.1) is 0 Å². The molecule has 3 saturated carbocycles. The lowest BCUT2D eigenvalue weighted by atomic mass is 9.95. The van der Waals surface area contributed by atoms with E-state index in [1.807, 2.05) is 0 Å². The minimum atomic E-state index is 0.702. The number of anilines is 1. The molecule has 3 heteroatoms. The van der Waals surface area contributed by atoms with Gasteiger partial charge in [0.2, 0.25) is 5.95 Å². The van der Waals surface area contributed by atoms with Crippen molar-refractivity contribution >= 4 is 5.95 Å². The van der Waals surface area contributed by atoms with Crippen molar-refractivity contribution in [2.75, 3.05) is 5.32 Å². The number of aryl methyl sites for hydroxylation is 1. The minimum absolute atomic E-state index is 0.702. The largest absolute Gasteiger partial charge is 0.353 e. The smallest absolute Gasteiger partial charge is 0.203 e. The minimum Gasteiger partial charge on any atom is -0.353 e. The molecule has 3 unspecified atom stereocenters. The molecular formula is C14H21N3. The molecule has 1 aromatic rings. The summed E-state index contributed by atoms with van der Waals surface area (Å²) in [6.45, 7) is 2.10. The molecule has 4 rings (SSSR count). The Hall–Kier alpha value is -0.990. The van der Waals surface area contributed by atoms with Crippen molar-refractivity contribution in [1.82, 2.24) is 9.55 Å². The van der Waals surface area contributed by atoms with E-state index in [0.29, 0.717) is 6.04 Å². The zero-order chi connectivity index (χ0) is 11.4. The van der Waals surface area contributed by atoms with Crippen LogP contribution < -0.4 is 5.32 Å². The topological polar surface area (TPSA) is 29.9 Å². The monoisotopic (exact) mass is 231 g/mol. The lowest BCUT2D eigenvalue weighted by Crippen LogP contribution is -2.27. The predicted molar refractivity (Wildman–Crippen MR) is 68.1 cm³/mol. The van der Waals surface area contributed by atoms with E-state index in [1.54, 1.807) is 0 Å². The van der Waals surface area contributed by atoms with Gasteiger partial charge in [-0.2, -0.15) is 0 Å². The first kappa shape index (κ1) is 9.98. The van der Waals surface area contributed by atoms with Crippen molar-refractivity contribution < 1.29 is 0 Å². The molecule has 2 bridgehead atoms. The first-order valence-electron chi connectivity index (χ1n) is 7.11. The summed E-state index contributed by atoms with van der Waals surface area (Å²) in [4.78, 5) is 4.67. The Balaban J connectivity index is 1.54. The standard InChI is InChI=1S/C14H21N3/c1-9-8-17(12-4-5-12)14(15-9)16-13-7-10-2-3-11(13)6-10/h8,10-13H,2-7H2,1H3,(H,15,16). The van der Waals surface area contributed by atoms with Gasteiger partial charge in [0.1, 0.15) is 0 Å². The van der Waals surface area contributed by atoms with Crippen molar-refractivity contribution in [1.29, 1.82) is 0 Å². The molecular weight excluding hydrogens is 210 g/mol. The quantitative estimate of drug-likeness (QED) is 0.866. The predicted octanol–water partition coefficient (Wildman–Crippen LogP) is 3.13. The van der Waals surface area contributed by atoms with Crippen LogP contribution in [0.1, 0.15) is 50.3 Å². The summed E-state index contributed by atoms with van der Waals surface area (Å²) in [7, 11) is 0. The van der Waals surface area contributed by atoms with E-state index in [0.717, 1.165) is 29.5 Å². The molecule has 0 radical (unpaired) electrons. The molecule has 3 nitrogen and oxygen atoms in total. The van der Waals surface area contributed by atoms with Crippen LogP contribution in [0.3, 0.4) is 0 Å². The van der Waals surface area contributed by atoms with Crippen LogP contribution in [-0.2, 0) is 0 Å². The lowest BCUT2D eigenvalue weighted by molar-refractivity contribution is 0.436. The number of rotatable bonds is 3. The second-order valence-corrected chi connectivity index (χ2v) is 6.27. The molecule has 0 aromatic carbocycles. The second kappa shape index (κ2) is 3.50.